The van der Waals surface area contributed by atoms with Crippen molar-refractivity contribution in [1.29, 1.82) is 0 Å². The van der Waals surface area contributed by atoms with Crippen LogP contribution >= 0.6 is 0 Å². The molecule has 1 unspecified atom stereocenters. The Hall–Kier alpha value is -0.760. The van der Waals surface area contributed by atoms with Gasteiger partial charge in [0, 0.05) is 18.0 Å². The first-order chi connectivity index (χ1) is 7.35. The van der Waals surface area contributed by atoms with E-state index in [1.807, 2.05) is 6.26 Å². The molecule has 1 fully saturated rings. The second kappa shape index (κ2) is 4.84. The monoisotopic (exact) mass is 207 g/mol. The Balaban J connectivity index is 2.04. The van der Waals surface area contributed by atoms with E-state index in [0.717, 1.165) is 18.1 Å². The fraction of sp³-hybridized carbons (Fsp3) is 0.692. The number of hydrogen-bond acceptors (Lipinski definition) is 2. The fourth-order valence-electron chi connectivity index (χ4n) is 2.41. The molecule has 1 aliphatic rings. The normalized spacial score (nSPS) is 18.8. The van der Waals surface area contributed by atoms with E-state index in [0.29, 0.717) is 6.04 Å². The Labute approximate surface area is 92.1 Å². The van der Waals surface area contributed by atoms with Gasteiger partial charge < -0.3 is 9.73 Å². The Kier molecular flexibility index (Phi) is 3.47. The van der Waals surface area contributed by atoms with Crippen molar-refractivity contribution in [3.63, 3.8) is 0 Å². The van der Waals surface area contributed by atoms with Gasteiger partial charge in [-0.05, 0) is 25.5 Å². The van der Waals surface area contributed by atoms with Gasteiger partial charge in [-0.25, -0.2) is 0 Å². The predicted molar refractivity (Wildman–Crippen MR) is 61.8 cm³/mol. The average Bonchev–Trinajstić information content (AvgIpc) is 2.64. The van der Waals surface area contributed by atoms with Crippen LogP contribution in [0.3, 0.4) is 0 Å². The minimum Gasteiger partial charge on any atom is -0.469 e. The molecule has 0 aliphatic heterocycles. The quantitative estimate of drug-likeness (QED) is 0.801. The summed E-state index contributed by atoms with van der Waals surface area (Å²) in [6, 6.07) is 2.61. The van der Waals surface area contributed by atoms with Gasteiger partial charge in [0.1, 0.15) is 5.76 Å². The molecule has 1 atom stereocenters. The Morgan fingerprint density at radius 3 is 2.87 bits per heavy atom. The molecule has 1 aliphatic carbocycles. The average molecular weight is 207 g/mol. The molecule has 1 N–H and O–H groups in total. The van der Waals surface area contributed by atoms with Crippen molar-refractivity contribution < 1.29 is 4.42 Å². The molecule has 2 rings (SSSR count). The second-order valence-electron chi connectivity index (χ2n) is 4.53. The van der Waals surface area contributed by atoms with Gasteiger partial charge in [0.15, 0.2) is 0 Å². The van der Waals surface area contributed by atoms with Gasteiger partial charge in [-0.15, -0.1) is 0 Å². The van der Waals surface area contributed by atoms with Crippen LogP contribution in [0, 0.1) is 5.92 Å². The molecule has 2 heteroatoms. The predicted octanol–water partition coefficient (Wildman–Crippen LogP) is 3.29. The lowest BCUT2D eigenvalue weighted by molar-refractivity contribution is 0.264. The van der Waals surface area contributed by atoms with Crippen molar-refractivity contribution in [1.82, 2.24) is 5.32 Å². The van der Waals surface area contributed by atoms with Gasteiger partial charge in [-0.2, -0.15) is 0 Å². The molecule has 0 radical (unpaired) electrons. The summed E-state index contributed by atoms with van der Waals surface area (Å²) in [5.41, 5.74) is 1.37. The summed E-state index contributed by atoms with van der Waals surface area (Å²) in [4.78, 5) is 0. The highest BCUT2D eigenvalue weighted by atomic mass is 16.3. The maximum absolute atomic E-state index is 5.49. The third-order valence-corrected chi connectivity index (χ3v) is 3.62. The molecule has 0 bridgehead atoms. The molecule has 2 nitrogen and oxygen atoms in total. The van der Waals surface area contributed by atoms with Gasteiger partial charge in [0.05, 0.1) is 6.26 Å². The molecule has 0 amide bonds. The standard InChI is InChI=1S/C13H21NO/c1-3-13-11(7-8-15-13)12(14-2)9-10-5-4-6-10/h7-8,10,12,14H,3-6,9H2,1-2H3. The van der Waals surface area contributed by atoms with E-state index in [4.69, 9.17) is 4.42 Å². The second-order valence-corrected chi connectivity index (χ2v) is 4.53. The number of hydrogen-bond donors (Lipinski definition) is 1. The van der Waals surface area contributed by atoms with Crippen LogP contribution in [0.25, 0.3) is 0 Å². The zero-order chi connectivity index (χ0) is 10.7. The van der Waals surface area contributed by atoms with Crippen LogP contribution < -0.4 is 5.32 Å². The SMILES string of the molecule is CCc1occc1C(CC1CCC1)NC. The highest BCUT2D eigenvalue weighted by Crippen LogP contribution is 2.35. The van der Waals surface area contributed by atoms with Gasteiger partial charge in [0.2, 0.25) is 0 Å². The Bertz CT molecular complexity index is 301. The fourth-order valence-corrected chi connectivity index (χ4v) is 2.41. The van der Waals surface area contributed by atoms with Gasteiger partial charge in [0.25, 0.3) is 0 Å². The Morgan fingerprint density at radius 1 is 1.53 bits per heavy atom. The van der Waals surface area contributed by atoms with Crippen LogP contribution in [0.1, 0.15) is 50.0 Å². The molecular weight excluding hydrogens is 186 g/mol. The minimum atomic E-state index is 0.490. The molecule has 1 aromatic heterocycles. The van der Waals surface area contributed by atoms with E-state index in [9.17, 15) is 0 Å². The largest absolute Gasteiger partial charge is 0.469 e. The van der Waals surface area contributed by atoms with Crippen LogP contribution in [0.5, 0.6) is 0 Å². The Morgan fingerprint density at radius 2 is 2.33 bits per heavy atom. The van der Waals surface area contributed by atoms with Crippen LogP contribution in [-0.4, -0.2) is 7.05 Å². The van der Waals surface area contributed by atoms with Crippen LogP contribution in [0.15, 0.2) is 16.7 Å². The molecule has 15 heavy (non-hydrogen) atoms. The first-order valence-electron chi connectivity index (χ1n) is 6.08. The van der Waals surface area contributed by atoms with Crippen molar-refractivity contribution in [3.05, 3.63) is 23.7 Å². The van der Waals surface area contributed by atoms with E-state index < -0.39 is 0 Å². The summed E-state index contributed by atoms with van der Waals surface area (Å²) in [7, 11) is 2.05. The van der Waals surface area contributed by atoms with E-state index in [2.05, 4.69) is 25.4 Å². The highest BCUT2D eigenvalue weighted by molar-refractivity contribution is 5.21. The molecule has 1 saturated carbocycles. The third-order valence-electron chi connectivity index (χ3n) is 3.62. The van der Waals surface area contributed by atoms with Crippen LogP contribution in [0.4, 0.5) is 0 Å². The smallest absolute Gasteiger partial charge is 0.108 e. The van der Waals surface area contributed by atoms with Gasteiger partial charge >= 0.3 is 0 Å². The van der Waals surface area contributed by atoms with Crippen molar-refractivity contribution in [2.45, 2.75) is 45.1 Å². The van der Waals surface area contributed by atoms with E-state index in [1.165, 1.54) is 31.2 Å². The van der Waals surface area contributed by atoms with Gasteiger partial charge in [-0.1, -0.05) is 26.2 Å². The topological polar surface area (TPSA) is 25.2 Å². The highest BCUT2D eigenvalue weighted by Gasteiger charge is 2.24. The van der Waals surface area contributed by atoms with Crippen molar-refractivity contribution >= 4 is 0 Å². The minimum absolute atomic E-state index is 0.490. The van der Waals surface area contributed by atoms with Crippen molar-refractivity contribution in [2.75, 3.05) is 7.05 Å². The molecule has 1 aromatic rings. The maximum atomic E-state index is 5.49. The molecule has 0 spiro atoms. The number of aryl methyl sites for hydroxylation is 1. The molecule has 0 aromatic carbocycles. The summed E-state index contributed by atoms with van der Waals surface area (Å²) in [5.74, 6) is 2.08. The zero-order valence-electron chi connectivity index (χ0n) is 9.75. The number of furan rings is 1. The summed E-state index contributed by atoms with van der Waals surface area (Å²) < 4.78 is 5.49. The van der Waals surface area contributed by atoms with E-state index in [1.54, 1.807) is 0 Å². The molecule has 84 valence electrons. The summed E-state index contributed by atoms with van der Waals surface area (Å²) >= 11 is 0. The lowest BCUT2D eigenvalue weighted by Gasteiger charge is -2.29. The summed E-state index contributed by atoms with van der Waals surface area (Å²) in [6.07, 6.45) is 8.33. The van der Waals surface area contributed by atoms with E-state index >= 15 is 0 Å². The zero-order valence-corrected chi connectivity index (χ0v) is 9.75. The van der Waals surface area contributed by atoms with Crippen LogP contribution in [0.2, 0.25) is 0 Å². The first-order valence-corrected chi connectivity index (χ1v) is 6.08. The van der Waals surface area contributed by atoms with Crippen LogP contribution in [-0.2, 0) is 6.42 Å². The molecule has 0 saturated heterocycles. The molecule has 1 heterocycles. The lowest BCUT2D eigenvalue weighted by Crippen LogP contribution is -2.23. The summed E-state index contributed by atoms with van der Waals surface area (Å²) in [5, 5.41) is 3.42. The maximum Gasteiger partial charge on any atom is 0.108 e. The first kappa shape index (κ1) is 10.7. The molecular formula is C13H21NO. The van der Waals surface area contributed by atoms with Crippen molar-refractivity contribution in [2.24, 2.45) is 5.92 Å². The summed E-state index contributed by atoms with van der Waals surface area (Å²) in [6.45, 7) is 2.15. The third kappa shape index (κ3) is 2.25. The van der Waals surface area contributed by atoms with Crippen molar-refractivity contribution in [3.8, 4) is 0 Å². The van der Waals surface area contributed by atoms with Gasteiger partial charge in [-0.3, -0.25) is 0 Å². The number of rotatable bonds is 5. The lowest BCUT2D eigenvalue weighted by atomic mass is 9.79. The number of nitrogens with one attached hydrogen (secondary N) is 1. The van der Waals surface area contributed by atoms with E-state index in [-0.39, 0.29) is 0 Å².